The van der Waals surface area contributed by atoms with E-state index in [0.717, 1.165) is 42.5 Å². The maximum Gasteiger partial charge on any atom is 0.267 e. The summed E-state index contributed by atoms with van der Waals surface area (Å²) in [7, 11) is 1.70. The summed E-state index contributed by atoms with van der Waals surface area (Å²) in [6.45, 7) is 3.78. The molecule has 4 heteroatoms. The zero-order valence-electron chi connectivity index (χ0n) is 12.4. The monoisotopic (exact) mass is 293 g/mol. The maximum absolute atomic E-state index is 12.8. The highest BCUT2D eigenvalue weighted by molar-refractivity contribution is 7.14. The number of rotatable bonds is 5. The van der Waals surface area contributed by atoms with Gasteiger partial charge in [0, 0.05) is 23.5 Å². The molecule has 0 aliphatic heterocycles. The molecule has 0 radical (unpaired) electrons. The second kappa shape index (κ2) is 5.76. The van der Waals surface area contributed by atoms with Crippen LogP contribution in [0, 0.1) is 5.92 Å². The van der Waals surface area contributed by atoms with Crippen LogP contribution in [0.2, 0.25) is 0 Å². The first-order chi connectivity index (χ1) is 9.74. The summed E-state index contributed by atoms with van der Waals surface area (Å²) in [4.78, 5) is 17.0. The number of carbonyl (C=O) groups is 1. The zero-order valence-corrected chi connectivity index (χ0v) is 13.2. The minimum atomic E-state index is 0.177. The van der Waals surface area contributed by atoms with Crippen LogP contribution in [0.25, 0.3) is 0 Å². The third-order valence-electron chi connectivity index (χ3n) is 4.37. The molecule has 110 valence electrons. The Labute approximate surface area is 124 Å². The molecule has 1 heterocycles. The summed E-state index contributed by atoms with van der Waals surface area (Å²) in [6, 6.07) is 0. The number of aryl methyl sites for hydroxylation is 1. The molecule has 1 fully saturated rings. The lowest BCUT2D eigenvalue weighted by Crippen LogP contribution is -2.32. The number of fused-ring (bicyclic) bond motifs is 1. The molecular weight excluding hydrogens is 270 g/mol. The van der Waals surface area contributed by atoms with Crippen molar-refractivity contribution in [3.8, 4) is 5.75 Å². The van der Waals surface area contributed by atoms with E-state index < -0.39 is 0 Å². The van der Waals surface area contributed by atoms with Crippen molar-refractivity contribution in [1.82, 2.24) is 4.90 Å². The molecule has 3 nitrogen and oxygen atoms in total. The predicted molar refractivity (Wildman–Crippen MR) is 81.8 cm³/mol. The third kappa shape index (κ3) is 2.58. The van der Waals surface area contributed by atoms with Gasteiger partial charge in [0.25, 0.3) is 5.91 Å². The van der Waals surface area contributed by atoms with Gasteiger partial charge in [-0.25, -0.2) is 0 Å². The number of thiophene rings is 1. The van der Waals surface area contributed by atoms with E-state index in [0.29, 0.717) is 0 Å². The van der Waals surface area contributed by atoms with Crippen molar-refractivity contribution in [1.29, 1.82) is 0 Å². The topological polar surface area (TPSA) is 29.5 Å². The SMILES string of the molecule is CCN(CC1CC1)C(=O)c1sc2c(c1OC)CCCC2. The summed E-state index contributed by atoms with van der Waals surface area (Å²) in [5.41, 5.74) is 1.30. The van der Waals surface area contributed by atoms with Gasteiger partial charge in [0.2, 0.25) is 0 Å². The van der Waals surface area contributed by atoms with Crippen LogP contribution in [0.3, 0.4) is 0 Å². The maximum atomic E-state index is 12.8. The molecule has 0 saturated heterocycles. The Morgan fingerprint density at radius 3 is 2.75 bits per heavy atom. The number of hydrogen-bond donors (Lipinski definition) is 0. The van der Waals surface area contributed by atoms with Crippen molar-refractivity contribution >= 4 is 17.2 Å². The average molecular weight is 293 g/mol. The van der Waals surface area contributed by atoms with Crippen LogP contribution in [-0.4, -0.2) is 31.0 Å². The Balaban J connectivity index is 1.87. The summed E-state index contributed by atoms with van der Waals surface area (Å²) in [6.07, 6.45) is 7.19. The van der Waals surface area contributed by atoms with Crippen molar-refractivity contribution in [2.45, 2.75) is 45.4 Å². The number of amides is 1. The van der Waals surface area contributed by atoms with E-state index in [-0.39, 0.29) is 5.91 Å². The second-order valence-corrected chi connectivity index (χ2v) is 6.97. The minimum Gasteiger partial charge on any atom is -0.495 e. The largest absolute Gasteiger partial charge is 0.495 e. The molecule has 2 aliphatic rings. The summed E-state index contributed by atoms with van der Waals surface area (Å²) >= 11 is 1.67. The smallest absolute Gasteiger partial charge is 0.267 e. The molecule has 0 bridgehead atoms. The van der Waals surface area contributed by atoms with Crippen molar-refractivity contribution in [2.24, 2.45) is 5.92 Å². The lowest BCUT2D eigenvalue weighted by atomic mass is 9.98. The third-order valence-corrected chi connectivity index (χ3v) is 5.63. The first kappa shape index (κ1) is 13.9. The van der Waals surface area contributed by atoms with Crippen LogP contribution >= 0.6 is 11.3 Å². The molecule has 1 aromatic rings. The molecule has 1 saturated carbocycles. The summed E-state index contributed by atoms with van der Waals surface area (Å²) < 4.78 is 5.58. The van der Waals surface area contributed by atoms with E-state index >= 15 is 0 Å². The van der Waals surface area contributed by atoms with Gasteiger partial charge < -0.3 is 9.64 Å². The molecule has 0 N–H and O–H groups in total. The van der Waals surface area contributed by atoms with Crippen LogP contribution in [0.1, 0.15) is 52.7 Å². The van der Waals surface area contributed by atoms with Gasteiger partial charge in [-0.3, -0.25) is 4.79 Å². The molecule has 3 rings (SSSR count). The Bertz CT molecular complexity index is 505. The van der Waals surface area contributed by atoms with Gasteiger partial charge in [-0.2, -0.15) is 0 Å². The average Bonchev–Trinajstić information content (AvgIpc) is 3.22. The van der Waals surface area contributed by atoms with Crippen LogP contribution in [0.15, 0.2) is 0 Å². The van der Waals surface area contributed by atoms with Gasteiger partial charge in [-0.15, -0.1) is 11.3 Å². The number of methoxy groups -OCH3 is 1. The van der Waals surface area contributed by atoms with E-state index in [9.17, 15) is 4.79 Å². The highest BCUT2D eigenvalue weighted by atomic mass is 32.1. The highest BCUT2D eigenvalue weighted by Gasteiger charge is 2.31. The minimum absolute atomic E-state index is 0.177. The van der Waals surface area contributed by atoms with E-state index in [2.05, 4.69) is 6.92 Å². The fourth-order valence-corrected chi connectivity index (χ4v) is 4.33. The number of hydrogen-bond acceptors (Lipinski definition) is 3. The normalized spacial score (nSPS) is 17.7. The van der Waals surface area contributed by atoms with E-state index in [1.54, 1.807) is 18.4 Å². The quantitative estimate of drug-likeness (QED) is 0.831. The Morgan fingerprint density at radius 2 is 2.10 bits per heavy atom. The van der Waals surface area contributed by atoms with Gasteiger partial charge >= 0.3 is 0 Å². The molecule has 0 unspecified atom stereocenters. The zero-order chi connectivity index (χ0) is 14.1. The Kier molecular flexibility index (Phi) is 4.01. The molecule has 0 aromatic carbocycles. The summed E-state index contributed by atoms with van der Waals surface area (Å²) in [5, 5.41) is 0. The Morgan fingerprint density at radius 1 is 1.35 bits per heavy atom. The molecule has 20 heavy (non-hydrogen) atoms. The van der Waals surface area contributed by atoms with Gasteiger partial charge in [0.1, 0.15) is 10.6 Å². The van der Waals surface area contributed by atoms with E-state index in [4.69, 9.17) is 4.74 Å². The highest BCUT2D eigenvalue weighted by Crippen LogP contribution is 2.41. The van der Waals surface area contributed by atoms with E-state index in [1.807, 2.05) is 4.90 Å². The number of ether oxygens (including phenoxy) is 1. The fourth-order valence-electron chi connectivity index (χ4n) is 3.01. The van der Waals surface area contributed by atoms with Crippen molar-refractivity contribution < 1.29 is 9.53 Å². The predicted octanol–water partition coefficient (Wildman–Crippen LogP) is 3.51. The molecule has 0 atom stereocenters. The molecule has 2 aliphatic carbocycles. The van der Waals surface area contributed by atoms with Gasteiger partial charge in [0.15, 0.2) is 0 Å². The van der Waals surface area contributed by atoms with Gasteiger partial charge in [0.05, 0.1) is 7.11 Å². The van der Waals surface area contributed by atoms with E-state index in [1.165, 1.54) is 36.1 Å². The molecule has 0 spiro atoms. The van der Waals surface area contributed by atoms with Crippen LogP contribution in [0.5, 0.6) is 5.75 Å². The van der Waals surface area contributed by atoms with Crippen molar-refractivity contribution in [3.05, 3.63) is 15.3 Å². The lowest BCUT2D eigenvalue weighted by molar-refractivity contribution is 0.0758. The van der Waals surface area contributed by atoms with Crippen LogP contribution in [-0.2, 0) is 12.8 Å². The van der Waals surface area contributed by atoms with Crippen molar-refractivity contribution in [3.63, 3.8) is 0 Å². The standard InChI is InChI=1S/C16H23NO2S/c1-3-17(10-11-8-9-11)16(18)15-14(19-2)12-6-4-5-7-13(12)20-15/h11H,3-10H2,1-2H3. The lowest BCUT2D eigenvalue weighted by Gasteiger charge is -2.20. The van der Waals surface area contributed by atoms with Crippen LogP contribution < -0.4 is 4.74 Å². The second-order valence-electron chi connectivity index (χ2n) is 5.86. The first-order valence-corrected chi connectivity index (χ1v) is 8.54. The molecular formula is C16H23NO2S. The molecule has 1 aromatic heterocycles. The summed E-state index contributed by atoms with van der Waals surface area (Å²) in [5.74, 6) is 1.78. The first-order valence-electron chi connectivity index (χ1n) is 7.72. The number of carbonyl (C=O) groups excluding carboxylic acids is 1. The van der Waals surface area contributed by atoms with Gasteiger partial charge in [-0.05, 0) is 51.4 Å². The van der Waals surface area contributed by atoms with Crippen molar-refractivity contribution in [2.75, 3.05) is 20.2 Å². The van der Waals surface area contributed by atoms with Gasteiger partial charge in [-0.1, -0.05) is 0 Å². The Hall–Kier alpha value is -1.03. The number of nitrogens with zero attached hydrogens (tertiary/aromatic N) is 1. The molecule has 1 amide bonds. The van der Waals surface area contributed by atoms with Crippen LogP contribution in [0.4, 0.5) is 0 Å². The fraction of sp³-hybridized carbons (Fsp3) is 0.688.